The fourth-order valence-corrected chi connectivity index (χ4v) is 4.43. The lowest BCUT2D eigenvalue weighted by Crippen LogP contribution is -2.41. The van der Waals surface area contributed by atoms with E-state index in [1.54, 1.807) is 0 Å². The first-order chi connectivity index (χ1) is 12.2. The van der Waals surface area contributed by atoms with Gasteiger partial charge in [0, 0.05) is 13.2 Å². The summed E-state index contributed by atoms with van der Waals surface area (Å²) < 4.78 is 11.4. The smallest absolute Gasteiger partial charge is 0.248 e. The highest BCUT2D eigenvalue weighted by atomic mass is 16.5. The summed E-state index contributed by atoms with van der Waals surface area (Å²) in [4.78, 5) is 14.7. The van der Waals surface area contributed by atoms with Gasteiger partial charge in [0.05, 0.1) is 19.3 Å². The van der Waals surface area contributed by atoms with Crippen LogP contribution in [-0.2, 0) is 20.9 Å². The molecule has 0 N–H and O–H groups in total. The monoisotopic (exact) mass is 345 g/mol. The summed E-state index contributed by atoms with van der Waals surface area (Å²) in [7, 11) is 0. The van der Waals surface area contributed by atoms with Gasteiger partial charge in [-0.05, 0) is 37.2 Å². The van der Waals surface area contributed by atoms with Crippen molar-refractivity contribution in [2.24, 2.45) is 5.41 Å². The van der Waals surface area contributed by atoms with Crippen molar-refractivity contribution in [3.63, 3.8) is 0 Å². The number of carbonyl (C=O) groups excluding carboxylic acids is 1. The van der Waals surface area contributed by atoms with Crippen LogP contribution in [0.4, 0.5) is 0 Å². The number of carbonyl (C=O) groups is 1. The number of benzene rings is 1. The van der Waals surface area contributed by atoms with Crippen LogP contribution in [0, 0.1) is 5.41 Å². The van der Waals surface area contributed by atoms with Crippen LogP contribution in [0.3, 0.4) is 0 Å². The molecule has 3 rings (SSSR count). The minimum atomic E-state index is 0.123. The Bertz CT molecular complexity index is 539. The maximum Gasteiger partial charge on any atom is 0.248 e. The maximum atomic E-state index is 12.6. The lowest BCUT2D eigenvalue weighted by molar-refractivity contribution is -0.138. The summed E-state index contributed by atoms with van der Waals surface area (Å²) in [6.07, 6.45) is 7.51. The average molecular weight is 345 g/mol. The van der Waals surface area contributed by atoms with Crippen LogP contribution in [0.1, 0.15) is 51.0 Å². The third kappa shape index (κ3) is 4.83. The van der Waals surface area contributed by atoms with Crippen molar-refractivity contribution < 1.29 is 14.3 Å². The maximum absolute atomic E-state index is 12.6. The van der Waals surface area contributed by atoms with Crippen molar-refractivity contribution in [3.05, 3.63) is 35.9 Å². The molecule has 0 aromatic heterocycles. The van der Waals surface area contributed by atoms with Crippen molar-refractivity contribution in [1.82, 2.24) is 4.90 Å². The van der Waals surface area contributed by atoms with Gasteiger partial charge >= 0.3 is 0 Å². The topological polar surface area (TPSA) is 38.8 Å². The second kappa shape index (κ2) is 8.81. The summed E-state index contributed by atoms with van der Waals surface area (Å²) in [6, 6.07) is 10.4. The molecular formula is C21H31NO3. The first-order valence-corrected chi connectivity index (χ1v) is 9.71. The van der Waals surface area contributed by atoms with Crippen LogP contribution in [-0.4, -0.2) is 43.2 Å². The molecule has 4 heteroatoms. The molecule has 1 saturated carbocycles. The third-order valence-corrected chi connectivity index (χ3v) is 5.70. The van der Waals surface area contributed by atoms with E-state index in [0.29, 0.717) is 25.2 Å². The van der Waals surface area contributed by atoms with Gasteiger partial charge < -0.3 is 14.4 Å². The number of ether oxygens (including phenoxy) is 2. The third-order valence-electron chi connectivity index (χ3n) is 5.70. The molecule has 0 bridgehead atoms. The molecule has 1 saturated heterocycles. The SMILES string of the molecule is CCOCC(=O)N1CC2(CCCCC2)CC1COCc1ccccc1. The Morgan fingerprint density at radius 3 is 2.64 bits per heavy atom. The van der Waals surface area contributed by atoms with Crippen molar-refractivity contribution >= 4 is 5.91 Å². The van der Waals surface area contributed by atoms with Crippen LogP contribution in [0.25, 0.3) is 0 Å². The van der Waals surface area contributed by atoms with Gasteiger partial charge in [0.15, 0.2) is 0 Å². The van der Waals surface area contributed by atoms with Crippen molar-refractivity contribution in [3.8, 4) is 0 Å². The van der Waals surface area contributed by atoms with Gasteiger partial charge in [-0.25, -0.2) is 0 Å². The van der Waals surface area contributed by atoms with E-state index in [-0.39, 0.29) is 18.6 Å². The van der Waals surface area contributed by atoms with E-state index < -0.39 is 0 Å². The molecule has 1 unspecified atom stereocenters. The van der Waals surface area contributed by atoms with E-state index in [1.165, 1.54) is 37.7 Å². The molecular weight excluding hydrogens is 314 g/mol. The predicted molar refractivity (Wildman–Crippen MR) is 98.2 cm³/mol. The standard InChI is InChI=1S/C21H31NO3/c1-2-24-16-20(23)22-17-21(11-7-4-8-12-21)13-19(22)15-25-14-18-9-5-3-6-10-18/h3,5-6,9-10,19H,2,4,7-8,11-17H2,1H3. The van der Waals surface area contributed by atoms with E-state index in [1.807, 2.05) is 30.0 Å². The Morgan fingerprint density at radius 1 is 1.16 bits per heavy atom. The quantitative estimate of drug-likeness (QED) is 0.755. The van der Waals surface area contributed by atoms with Crippen LogP contribution in [0.15, 0.2) is 30.3 Å². The van der Waals surface area contributed by atoms with E-state index >= 15 is 0 Å². The van der Waals surface area contributed by atoms with E-state index in [4.69, 9.17) is 9.47 Å². The number of hydrogen-bond donors (Lipinski definition) is 0. The molecule has 1 aliphatic heterocycles. The molecule has 1 atom stereocenters. The number of nitrogens with zero attached hydrogens (tertiary/aromatic N) is 1. The fourth-order valence-electron chi connectivity index (χ4n) is 4.43. The number of likely N-dealkylation sites (tertiary alicyclic amines) is 1. The molecule has 0 radical (unpaired) electrons. The van der Waals surface area contributed by atoms with Crippen molar-refractivity contribution in [1.29, 1.82) is 0 Å². The van der Waals surface area contributed by atoms with Gasteiger partial charge in [-0.15, -0.1) is 0 Å². The van der Waals surface area contributed by atoms with Gasteiger partial charge in [-0.3, -0.25) is 4.79 Å². The molecule has 138 valence electrons. The minimum Gasteiger partial charge on any atom is -0.375 e. The summed E-state index contributed by atoms with van der Waals surface area (Å²) in [6.45, 7) is 4.83. The molecule has 1 aromatic carbocycles. The molecule has 2 aliphatic rings. The summed E-state index contributed by atoms with van der Waals surface area (Å²) in [5.74, 6) is 0.123. The summed E-state index contributed by atoms with van der Waals surface area (Å²) in [5, 5.41) is 0. The second-order valence-corrected chi connectivity index (χ2v) is 7.58. The largest absolute Gasteiger partial charge is 0.375 e. The van der Waals surface area contributed by atoms with E-state index in [9.17, 15) is 4.79 Å². The first-order valence-electron chi connectivity index (χ1n) is 9.71. The zero-order valence-electron chi connectivity index (χ0n) is 15.4. The Balaban J connectivity index is 1.59. The average Bonchev–Trinajstić information content (AvgIpc) is 2.99. The zero-order valence-corrected chi connectivity index (χ0v) is 15.4. The normalized spacial score (nSPS) is 22.4. The van der Waals surface area contributed by atoms with Crippen molar-refractivity contribution in [2.75, 3.05) is 26.4 Å². The lowest BCUT2D eigenvalue weighted by atomic mass is 9.73. The summed E-state index contributed by atoms with van der Waals surface area (Å²) in [5.41, 5.74) is 1.50. The van der Waals surface area contributed by atoms with Gasteiger partial charge in [0.25, 0.3) is 0 Å². The van der Waals surface area contributed by atoms with E-state index in [0.717, 1.165) is 13.0 Å². The first kappa shape index (κ1) is 18.4. The molecule has 1 spiro atoms. The second-order valence-electron chi connectivity index (χ2n) is 7.58. The van der Waals surface area contributed by atoms with Crippen LogP contribution >= 0.6 is 0 Å². The van der Waals surface area contributed by atoms with Gasteiger partial charge in [-0.1, -0.05) is 49.6 Å². The van der Waals surface area contributed by atoms with Gasteiger partial charge in [-0.2, -0.15) is 0 Å². The number of rotatable bonds is 7. The fraction of sp³-hybridized carbons (Fsp3) is 0.667. The molecule has 1 heterocycles. The molecule has 25 heavy (non-hydrogen) atoms. The van der Waals surface area contributed by atoms with Crippen LogP contribution < -0.4 is 0 Å². The Morgan fingerprint density at radius 2 is 1.92 bits per heavy atom. The molecule has 1 aromatic rings. The minimum absolute atomic E-state index is 0.123. The predicted octanol–water partition coefficient (Wildman–Crippen LogP) is 3.79. The number of amides is 1. The highest BCUT2D eigenvalue weighted by Gasteiger charge is 2.45. The molecule has 1 aliphatic carbocycles. The molecule has 4 nitrogen and oxygen atoms in total. The highest BCUT2D eigenvalue weighted by Crippen LogP contribution is 2.46. The van der Waals surface area contributed by atoms with Crippen LogP contribution in [0.5, 0.6) is 0 Å². The van der Waals surface area contributed by atoms with Gasteiger partial charge in [0.2, 0.25) is 5.91 Å². The zero-order chi connectivity index (χ0) is 17.5. The Labute approximate surface area is 151 Å². The van der Waals surface area contributed by atoms with Crippen molar-refractivity contribution in [2.45, 2.75) is 58.1 Å². The summed E-state index contributed by atoms with van der Waals surface area (Å²) >= 11 is 0. The van der Waals surface area contributed by atoms with Crippen LogP contribution in [0.2, 0.25) is 0 Å². The Hall–Kier alpha value is -1.39. The van der Waals surface area contributed by atoms with Gasteiger partial charge in [0.1, 0.15) is 6.61 Å². The molecule has 1 amide bonds. The lowest BCUT2D eigenvalue weighted by Gasteiger charge is -2.33. The van der Waals surface area contributed by atoms with E-state index in [2.05, 4.69) is 12.1 Å². The number of hydrogen-bond acceptors (Lipinski definition) is 3. The Kier molecular flexibility index (Phi) is 6.49. The molecule has 2 fully saturated rings. The highest BCUT2D eigenvalue weighted by molar-refractivity contribution is 5.78.